The van der Waals surface area contributed by atoms with Crippen molar-refractivity contribution in [2.75, 3.05) is 22.2 Å². The third-order valence-electron chi connectivity index (χ3n) is 2.83. The fourth-order valence-corrected chi connectivity index (χ4v) is 2.94. The minimum absolute atomic E-state index is 0.0896. The second-order valence-corrected chi connectivity index (χ2v) is 6.71. The largest absolute Gasteiger partial charge is 0.366 e. The lowest BCUT2D eigenvalue weighted by molar-refractivity contribution is 0.546. The molecule has 0 amide bonds. The van der Waals surface area contributed by atoms with Gasteiger partial charge in [-0.25, -0.2) is 15.8 Å². The third-order valence-corrected chi connectivity index (χ3v) is 3.99. The molecule has 6 heteroatoms. The highest BCUT2D eigenvalue weighted by molar-refractivity contribution is 7.99. The highest BCUT2D eigenvalue weighted by atomic mass is 32.2. The van der Waals surface area contributed by atoms with Gasteiger partial charge in [0.15, 0.2) is 0 Å². The Hall–Kier alpha value is -1.01. The third kappa shape index (κ3) is 3.26. The molecule has 0 aromatic carbocycles. The molecular formula is C12H21N5S. The van der Waals surface area contributed by atoms with Crippen LogP contribution < -0.4 is 16.6 Å². The fraction of sp³-hybridized carbons (Fsp3) is 0.667. The van der Waals surface area contributed by atoms with Crippen LogP contribution in [0.5, 0.6) is 0 Å². The molecule has 1 aliphatic heterocycles. The second-order valence-electron chi connectivity index (χ2n) is 5.56. The molecule has 18 heavy (non-hydrogen) atoms. The van der Waals surface area contributed by atoms with Gasteiger partial charge in [0.1, 0.15) is 17.5 Å². The summed E-state index contributed by atoms with van der Waals surface area (Å²) >= 11 is 1.97. The molecule has 2 rings (SSSR count). The highest BCUT2D eigenvalue weighted by Crippen LogP contribution is 2.24. The Balaban J connectivity index is 2.23. The Morgan fingerprint density at radius 1 is 1.33 bits per heavy atom. The highest BCUT2D eigenvalue weighted by Gasteiger charge is 2.21. The van der Waals surface area contributed by atoms with E-state index in [1.54, 1.807) is 0 Å². The molecule has 1 saturated heterocycles. The molecule has 0 aliphatic carbocycles. The molecule has 2 heterocycles. The summed E-state index contributed by atoms with van der Waals surface area (Å²) in [6.45, 7) is 6.29. The number of hydrogen-bond acceptors (Lipinski definition) is 6. The van der Waals surface area contributed by atoms with E-state index in [1.165, 1.54) is 12.2 Å². The number of nitrogen functional groups attached to an aromatic ring is 1. The number of anilines is 2. The van der Waals surface area contributed by atoms with Crippen molar-refractivity contribution in [2.45, 2.75) is 38.6 Å². The van der Waals surface area contributed by atoms with Gasteiger partial charge in [-0.15, -0.1) is 0 Å². The molecule has 0 bridgehead atoms. The number of aromatic nitrogens is 2. The first kappa shape index (κ1) is 13.4. The summed E-state index contributed by atoms with van der Waals surface area (Å²) in [6.07, 6.45) is 1.19. The van der Waals surface area contributed by atoms with Crippen LogP contribution in [0, 0.1) is 0 Å². The minimum Gasteiger partial charge on any atom is -0.366 e. The Labute approximate surface area is 112 Å². The van der Waals surface area contributed by atoms with Crippen molar-refractivity contribution in [3.05, 3.63) is 11.9 Å². The average molecular weight is 267 g/mol. The second kappa shape index (κ2) is 5.32. The van der Waals surface area contributed by atoms with Gasteiger partial charge in [0, 0.05) is 23.3 Å². The summed E-state index contributed by atoms with van der Waals surface area (Å²) in [5, 5.41) is 3.46. The van der Waals surface area contributed by atoms with Crippen LogP contribution in [0.4, 0.5) is 11.6 Å². The summed E-state index contributed by atoms with van der Waals surface area (Å²) in [7, 11) is 0. The van der Waals surface area contributed by atoms with Crippen molar-refractivity contribution in [3.8, 4) is 0 Å². The molecule has 0 saturated carbocycles. The first-order valence-corrected chi connectivity index (χ1v) is 7.35. The van der Waals surface area contributed by atoms with Crippen LogP contribution in [-0.2, 0) is 5.41 Å². The molecular weight excluding hydrogens is 246 g/mol. The Kier molecular flexibility index (Phi) is 3.97. The molecule has 1 aliphatic rings. The van der Waals surface area contributed by atoms with Crippen LogP contribution in [-0.4, -0.2) is 27.5 Å². The zero-order chi connectivity index (χ0) is 13.2. The molecule has 1 aromatic heterocycles. The van der Waals surface area contributed by atoms with Gasteiger partial charge in [0.2, 0.25) is 0 Å². The van der Waals surface area contributed by atoms with Crippen molar-refractivity contribution in [1.29, 1.82) is 0 Å². The van der Waals surface area contributed by atoms with Crippen molar-refractivity contribution in [2.24, 2.45) is 5.84 Å². The van der Waals surface area contributed by atoms with Gasteiger partial charge in [0.05, 0.1) is 0 Å². The van der Waals surface area contributed by atoms with Crippen molar-refractivity contribution >= 4 is 23.4 Å². The van der Waals surface area contributed by atoms with E-state index in [0.717, 1.165) is 17.4 Å². The number of nitrogens with one attached hydrogen (secondary N) is 2. The van der Waals surface area contributed by atoms with E-state index in [9.17, 15) is 0 Å². The van der Waals surface area contributed by atoms with E-state index in [0.29, 0.717) is 11.9 Å². The number of hydrazine groups is 1. The van der Waals surface area contributed by atoms with Gasteiger partial charge in [-0.3, -0.25) is 0 Å². The summed E-state index contributed by atoms with van der Waals surface area (Å²) < 4.78 is 0. The minimum atomic E-state index is -0.0896. The monoisotopic (exact) mass is 267 g/mol. The Bertz CT molecular complexity index is 409. The summed E-state index contributed by atoms with van der Waals surface area (Å²) in [6, 6.07) is 2.36. The van der Waals surface area contributed by atoms with Crippen LogP contribution >= 0.6 is 11.8 Å². The van der Waals surface area contributed by atoms with E-state index in [2.05, 4.69) is 41.5 Å². The standard InChI is InChI=1S/C12H21N5S/c1-12(2,3)11-15-9(6-10(16-11)17-13)14-8-4-5-18-7-8/h6,8H,4-5,7,13H2,1-3H3,(H2,14,15,16,17). The molecule has 1 fully saturated rings. The predicted molar refractivity (Wildman–Crippen MR) is 77.9 cm³/mol. The zero-order valence-electron chi connectivity index (χ0n) is 11.2. The molecule has 5 nitrogen and oxygen atoms in total. The van der Waals surface area contributed by atoms with E-state index in [4.69, 9.17) is 5.84 Å². The lowest BCUT2D eigenvalue weighted by Gasteiger charge is -2.20. The van der Waals surface area contributed by atoms with Crippen LogP contribution in [0.3, 0.4) is 0 Å². The number of nitrogens with two attached hydrogens (primary N) is 1. The maximum atomic E-state index is 5.47. The van der Waals surface area contributed by atoms with Gasteiger partial charge in [0.25, 0.3) is 0 Å². The summed E-state index contributed by atoms with van der Waals surface area (Å²) in [5.74, 6) is 10.1. The SMILES string of the molecule is CC(C)(C)c1nc(NN)cc(NC2CCSC2)n1. The van der Waals surface area contributed by atoms with Crippen LogP contribution in [0.1, 0.15) is 33.0 Å². The average Bonchev–Trinajstić information content (AvgIpc) is 2.80. The zero-order valence-corrected chi connectivity index (χ0v) is 12.0. The molecule has 0 radical (unpaired) electrons. The molecule has 0 spiro atoms. The van der Waals surface area contributed by atoms with Crippen LogP contribution in [0.2, 0.25) is 0 Å². The van der Waals surface area contributed by atoms with Crippen LogP contribution in [0.25, 0.3) is 0 Å². The van der Waals surface area contributed by atoms with E-state index in [-0.39, 0.29) is 5.41 Å². The topological polar surface area (TPSA) is 75.9 Å². The van der Waals surface area contributed by atoms with Crippen LogP contribution in [0.15, 0.2) is 6.07 Å². The normalized spacial score (nSPS) is 19.9. The van der Waals surface area contributed by atoms with E-state index >= 15 is 0 Å². The number of hydrogen-bond donors (Lipinski definition) is 3. The number of thioether (sulfide) groups is 1. The maximum Gasteiger partial charge on any atom is 0.145 e. The molecule has 1 atom stereocenters. The predicted octanol–water partition coefficient (Wildman–Crippen LogP) is 1.98. The van der Waals surface area contributed by atoms with Crippen molar-refractivity contribution < 1.29 is 0 Å². The summed E-state index contributed by atoms with van der Waals surface area (Å²) in [5.41, 5.74) is 2.52. The van der Waals surface area contributed by atoms with Gasteiger partial charge in [-0.1, -0.05) is 20.8 Å². The number of rotatable bonds is 3. The fourth-order valence-electron chi connectivity index (χ4n) is 1.79. The first-order chi connectivity index (χ1) is 8.49. The van der Waals surface area contributed by atoms with Gasteiger partial charge < -0.3 is 10.7 Å². The van der Waals surface area contributed by atoms with Gasteiger partial charge >= 0.3 is 0 Å². The smallest absolute Gasteiger partial charge is 0.145 e. The Morgan fingerprint density at radius 2 is 2.06 bits per heavy atom. The van der Waals surface area contributed by atoms with E-state index in [1.807, 2.05) is 17.8 Å². The molecule has 100 valence electrons. The lowest BCUT2D eigenvalue weighted by atomic mass is 9.96. The van der Waals surface area contributed by atoms with Crippen molar-refractivity contribution in [1.82, 2.24) is 9.97 Å². The lowest BCUT2D eigenvalue weighted by Crippen LogP contribution is -2.23. The molecule has 1 unspecified atom stereocenters. The number of nitrogens with zero attached hydrogens (tertiary/aromatic N) is 2. The van der Waals surface area contributed by atoms with Gasteiger partial charge in [-0.2, -0.15) is 11.8 Å². The molecule has 1 aromatic rings. The van der Waals surface area contributed by atoms with Gasteiger partial charge in [-0.05, 0) is 12.2 Å². The quantitative estimate of drug-likeness (QED) is 0.574. The molecule has 4 N–H and O–H groups in total. The maximum absolute atomic E-state index is 5.47. The Morgan fingerprint density at radius 3 is 2.61 bits per heavy atom. The summed E-state index contributed by atoms with van der Waals surface area (Å²) in [4.78, 5) is 8.99. The van der Waals surface area contributed by atoms with E-state index < -0.39 is 0 Å². The first-order valence-electron chi connectivity index (χ1n) is 6.19. The van der Waals surface area contributed by atoms with Crippen molar-refractivity contribution in [3.63, 3.8) is 0 Å².